The summed E-state index contributed by atoms with van der Waals surface area (Å²) in [7, 11) is 0. The first-order valence-electron chi connectivity index (χ1n) is 8.41. The number of hydrogen-bond acceptors (Lipinski definition) is 4. The van der Waals surface area contributed by atoms with Gasteiger partial charge in [0.05, 0.1) is 6.61 Å². The minimum Gasteiger partial charge on any atom is -0.394 e. The van der Waals surface area contributed by atoms with Crippen LogP contribution in [0.4, 0.5) is 0 Å². The molecule has 0 aromatic carbocycles. The van der Waals surface area contributed by atoms with Gasteiger partial charge in [-0.1, -0.05) is 6.92 Å². The number of hydrogen-bond donors (Lipinski definition) is 2. The highest BCUT2D eigenvalue weighted by Gasteiger charge is 2.31. The lowest BCUT2D eigenvalue weighted by Crippen LogP contribution is -2.52. The van der Waals surface area contributed by atoms with Crippen LogP contribution in [0.25, 0.3) is 0 Å². The molecule has 0 amide bonds. The van der Waals surface area contributed by atoms with E-state index in [4.69, 9.17) is 0 Å². The van der Waals surface area contributed by atoms with Gasteiger partial charge in [-0.2, -0.15) is 0 Å². The lowest BCUT2D eigenvalue weighted by molar-refractivity contribution is 0.0826. The van der Waals surface area contributed by atoms with E-state index in [2.05, 4.69) is 35.9 Å². The van der Waals surface area contributed by atoms with Gasteiger partial charge in [0.25, 0.3) is 0 Å². The summed E-state index contributed by atoms with van der Waals surface area (Å²) >= 11 is 0. The Labute approximate surface area is 124 Å². The minimum absolute atomic E-state index is 0.0714. The predicted octanol–water partition coefficient (Wildman–Crippen LogP) is 1.30. The molecular formula is C16H33N3O. The van der Waals surface area contributed by atoms with Crippen molar-refractivity contribution in [2.45, 2.75) is 64.1 Å². The highest BCUT2D eigenvalue weighted by Crippen LogP contribution is 2.24. The van der Waals surface area contributed by atoms with E-state index in [0.717, 1.165) is 6.42 Å². The fourth-order valence-electron chi connectivity index (χ4n) is 3.35. The topological polar surface area (TPSA) is 38.7 Å². The average Bonchev–Trinajstić information content (AvgIpc) is 3.23. The van der Waals surface area contributed by atoms with Crippen molar-refractivity contribution in [2.75, 3.05) is 39.3 Å². The Hall–Kier alpha value is -0.160. The number of nitrogens with zero attached hydrogens (tertiary/aromatic N) is 2. The van der Waals surface area contributed by atoms with Gasteiger partial charge < -0.3 is 15.3 Å². The number of aliphatic hydroxyl groups excluding tert-OH is 1. The monoisotopic (exact) mass is 283 g/mol. The van der Waals surface area contributed by atoms with Crippen molar-refractivity contribution in [3.63, 3.8) is 0 Å². The number of piperazine rings is 1. The number of likely N-dealkylation sites (N-methyl/N-ethyl adjacent to an activating group) is 1. The van der Waals surface area contributed by atoms with Gasteiger partial charge in [-0.15, -0.1) is 0 Å². The van der Waals surface area contributed by atoms with Crippen molar-refractivity contribution in [3.05, 3.63) is 0 Å². The molecule has 0 bridgehead atoms. The van der Waals surface area contributed by atoms with E-state index in [1.54, 1.807) is 0 Å². The molecule has 0 aromatic heterocycles. The van der Waals surface area contributed by atoms with Crippen molar-refractivity contribution in [2.24, 2.45) is 0 Å². The Morgan fingerprint density at radius 1 is 1.30 bits per heavy atom. The van der Waals surface area contributed by atoms with Gasteiger partial charge in [0.1, 0.15) is 0 Å². The third-order valence-corrected chi connectivity index (χ3v) is 4.94. The second-order valence-corrected chi connectivity index (χ2v) is 7.02. The van der Waals surface area contributed by atoms with Crippen LogP contribution < -0.4 is 5.32 Å². The summed E-state index contributed by atoms with van der Waals surface area (Å²) in [4.78, 5) is 5.15. The molecule has 0 aromatic rings. The Morgan fingerprint density at radius 2 is 2.05 bits per heavy atom. The Bertz CT molecular complexity index is 295. The first-order chi connectivity index (χ1) is 9.56. The van der Waals surface area contributed by atoms with Crippen LogP contribution >= 0.6 is 0 Å². The third-order valence-electron chi connectivity index (χ3n) is 4.94. The molecule has 2 aliphatic rings. The summed E-state index contributed by atoms with van der Waals surface area (Å²) < 4.78 is 0. The van der Waals surface area contributed by atoms with Crippen LogP contribution in [0.2, 0.25) is 0 Å². The van der Waals surface area contributed by atoms with Crippen LogP contribution in [0.5, 0.6) is 0 Å². The maximum absolute atomic E-state index is 9.62. The molecule has 4 heteroatoms. The van der Waals surface area contributed by atoms with Crippen molar-refractivity contribution in [3.8, 4) is 0 Å². The van der Waals surface area contributed by atoms with Crippen LogP contribution in [-0.2, 0) is 0 Å². The maximum atomic E-state index is 9.62. The molecule has 0 radical (unpaired) electrons. The molecule has 2 fully saturated rings. The van der Waals surface area contributed by atoms with Crippen molar-refractivity contribution in [1.29, 1.82) is 0 Å². The molecule has 1 aliphatic heterocycles. The fraction of sp³-hybridized carbons (Fsp3) is 1.00. The summed E-state index contributed by atoms with van der Waals surface area (Å²) in [5.74, 6) is 0. The molecule has 1 heterocycles. The second-order valence-electron chi connectivity index (χ2n) is 7.02. The zero-order valence-corrected chi connectivity index (χ0v) is 13.6. The van der Waals surface area contributed by atoms with Gasteiger partial charge in [0, 0.05) is 37.3 Å². The molecule has 4 nitrogen and oxygen atoms in total. The predicted molar refractivity (Wildman–Crippen MR) is 84.0 cm³/mol. The van der Waals surface area contributed by atoms with E-state index >= 15 is 0 Å². The smallest absolute Gasteiger partial charge is 0.0610 e. The molecule has 0 spiro atoms. The molecule has 2 rings (SSSR count). The summed E-state index contributed by atoms with van der Waals surface area (Å²) in [5.41, 5.74) is -0.0714. The Kier molecular flexibility index (Phi) is 5.84. The van der Waals surface area contributed by atoms with Crippen LogP contribution in [0.1, 0.15) is 46.5 Å². The molecule has 2 N–H and O–H groups in total. The minimum atomic E-state index is -0.0714. The van der Waals surface area contributed by atoms with Crippen LogP contribution in [0.3, 0.4) is 0 Å². The quantitative estimate of drug-likeness (QED) is 0.704. The van der Waals surface area contributed by atoms with E-state index in [0.29, 0.717) is 12.1 Å². The number of aliphatic hydroxyl groups is 1. The van der Waals surface area contributed by atoms with Gasteiger partial charge in [-0.3, -0.25) is 4.90 Å². The zero-order chi connectivity index (χ0) is 14.6. The second kappa shape index (κ2) is 7.21. The molecule has 1 saturated heterocycles. The lowest BCUT2D eigenvalue weighted by atomic mass is 9.96. The highest BCUT2D eigenvalue weighted by molar-refractivity contribution is 4.92. The Balaban J connectivity index is 1.67. The van der Waals surface area contributed by atoms with Crippen LogP contribution in [-0.4, -0.2) is 71.9 Å². The van der Waals surface area contributed by atoms with Gasteiger partial charge in [-0.25, -0.2) is 0 Å². The zero-order valence-electron chi connectivity index (χ0n) is 13.6. The largest absolute Gasteiger partial charge is 0.394 e. The van der Waals surface area contributed by atoms with Crippen molar-refractivity contribution < 1.29 is 5.11 Å². The summed E-state index contributed by atoms with van der Waals surface area (Å²) in [6, 6.07) is 1.35. The van der Waals surface area contributed by atoms with Gasteiger partial charge >= 0.3 is 0 Å². The van der Waals surface area contributed by atoms with E-state index in [1.807, 2.05) is 0 Å². The molecule has 1 saturated carbocycles. The average molecular weight is 283 g/mol. The van der Waals surface area contributed by atoms with E-state index in [1.165, 1.54) is 52.0 Å². The number of nitrogens with one attached hydrogen (secondary N) is 1. The summed E-state index contributed by atoms with van der Waals surface area (Å²) in [5, 5.41) is 13.2. The highest BCUT2D eigenvalue weighted by atomic mass is 16.3. The summed E-state index contributed by atoms with van der Waals surface area (Å²) in [6.07, 6.45) is 4.82. The molecule has 1 aliphatic carbocycles. The van der Waals surface area contributed by atoms with Gasteiger partial charge in [0.2, 0.25) is 0 Å². The lowest BCUT2D eigenvalue weighted by Gasteiger charge is -2.39. The van der Waals surface area contributed by atoms with Crippen LogP contribution in [0, 0.1) is 0 Å². The normalized spacial score (nSPS) is 28.5. The third kappa shape index (κ3) is 4.69. The molecule has 2 atom stereocenters. The van der Waals surface area contributed by atoms with Gasteiger partial charge in [-0.05, 0) is 52.6 Å². The van der Waals surface area contributed by atoms with Gasteiger partial charge in [0.15, 0.2) is 0 Å². The van der Waals surface area contributed by atoms with Crippen molar-refractivity contribution in [1.82, 2.24) is 15.1 Å². The standard InChI is InChI=1S/C16H33N3O/c1-4-19-11-10-18(12-14(19)2)9-5-8-16(3,13-20)17-15-6-7-15/h14-15,17,20H,4-13H2,1-3H3. The number of rotatable bonds is 8. The first kappa shape index (κ1) is 16.2. The molecule has 20 heavy (non-hydrogen) atoms. The first-order valence-corrected chi connectivity index (χ1v) is 8.41. The molecule has 2 unspecified atom stereocenters. The van der Waals surface area contributed by atoms with E-state index in [-0.39, 0.29) is 12.1 Å². The maximum Gasteiger partial charge on any atom is 0.0610 e. The fourth-order valence-corrected chi connectivity index (χ4v) is 3.35. The van der Waals surface area contributed by atoms with E-state index < -0.39 is 0 Å². The van der Waals surface area contributed by atoms with Crippen molar-refractivity contribution >= 4 is 0 Å². The molecular weight excluding hydrogens is 250 g/mol. The molecule has 118 valence electrons. The Morgan fingerprint density at radius 3 is 2.60 bits per heavy atom. The van der Waals surface area contributed by atoms with Crippen LogP contribution in [0.15, 0.2) is 0 Å². The van der Waals surface area contributed by atoms with E-state index in [9.17, 15) is 5.11 Å². The summed E-state index contributed by atoms with van der Waals surface area (Å²) in [6.45, 7) is 12.9. The SMILES string of the molecule is CCN1CCN(CCCC(C)(CO)NC2CC2)CC1C.